The van der Waals surface area contributed by atoms with Crippen molar-refractivity contribution in [2.24, 2.45) is 0 Å². The highest BCUT2D eigenvalue weighted by Gasteiger charge is 2.15. The highest BCUT2D eigenvalue weighted by atomic mass is 16.5. The van der Waals surface area contributed by atoms with Gasteiger partial charge in [0.2, 0.25) is 0 Å². The standard InChI is InChI=1S/C36H37N5O2/c1-2-3-19-41-35-25-32(42-23-22-40-20-17-38-18-21-40)15-16-34(35)39-36(41)30-5-4-6-33(24-30)43-31-13-11-29(12-14-31)28-9-7-27(26-37)8-10-28/h4-16,24-25,38H,2-3,17-23H2,1H3. The number of piperazine rings is 1. The van der Waals surface area contributed by atoms with Crippen LogP contribution in [0.25, 0.3) is 33.5 Å². The van der Waals surface area contributed by atoms with E-state index in [0.29, 0.717) is 12.2 Å². The van der Waals surface area contributed by atoms with Crippen molar-refractivity contribution in [3.05, 3.63) is 96.6 Å². The molecule has 1 saturated heterocycles. The number of unbranched alkanes of at least 4 members (excludes halogenated alkanes) is 1. The van der Waals surface area contributed by atoms with E-state index in [1.54, 1.807) is 0 Å². The van der Waals surface area contributed by atoms with E-state index < -0.39 is 0 Å². The molecule has 0 aliphatic carbocycles. The fraction of sp³-hybridized carbons (Fsp3) is 0.278. The predicted octanol–water partition coefficient (Wildman–Crippen LogP) is 7.12. The lowest BCUT2D eigenvalue weighted by molar-refractivity contribution is 0.191. The monoisotopic (exact) mass is 571 g/mol. The van der Waals surface area contributed by atoms with E-state index in [4.69, 9.17) is 19.7 Å². The van der Waals surface area contributed by atoms with Crippen LogP contribution < -0.4 is 14.8 Å². The number of nitrogens with zero attached hydrogens (tertiary/aromatic N) is 4. The van der Waals surface area contributed by atoms with Crippen LogP contribution in [0.4, 0.5) is 0 Å². The van der Waals surface area contributed by atoms with Crippen molar-refractivity contribution in [2.75, 3.05) is 39.3 Å². The molecule has 1 fully saturated rings. The number of rotatable bonds is 11. The summed E-state index contributed by atoms with van der Waals surface area (Å²) in [7, 11) is 0. The zero-order chi connectivity index (χ0) is 29.4. The average Bonchev–Trinajstić information content (AvgIpc) is 3.42. The highest BCUT2D eigenvalue weighted by Crippen LogP contribution is 2.32. The van der Waals surface area contributed by atoms with Crippen LogP contribution in [0.5, 0.6) is 17.2 Å². The van der Waals surface area contributed by atoms with Gasteiger partial charge in [0, 0.05) is 50.9 Å². The number of imidazole rings is 1. The molecule has 0 bridgehead atoms. The molecule has 5 aromatic rings. The van der Waals surface area contributed by atoms with Gasteiger partial charge in [0.25, 0.3) is 0 Å². The van der Waals surface area contributed by atoms with E-state index in [1.807, 2.05) is 66.7 Å². The minimum Gasteiger partial charge on any atom is -0.492 e. The van der Waals surface area contributed by atoms with Gasteiger partial charge in [0.05, 0.1) is 22.7 Å². The number of ether oxygens (including phenoxy) is 2. The van der Waals surface area contributed by atoms with Crippen molar-refractivity contribution in [1.29, 1.82) is 5.26 Å². The molecule has 218 valence electrons. The molecule has 0 unspecified atom stereocenters. The molecule has 6 rings (SSSR count). The summed E-state index contributed by atoms with van der Waals surface area (Å²) in [6.45, 7) is 8.94. The van der Waals surface area contributed by atoms with E-state index in [0.717, 1.165) is 103 Å². The molecule has 0 spiro atoms. The minimum absolute atomic E-state index is 0.655. The zero-order valence-corrected chi connectivity index (χ0v) is 24.6. The summed E-state index contributed by atoms with van der Waals surface area (Å²) in [4.78, 5) is 7.49. The van der Waals surface area contributed by atoms with Crippen molar-refractivity contribution in [3.63, 3.8) is 0 Å². The van der Waals surface area contributed by atoms with E-state index in [-0.39, 0.29) is 0 Å². The van der Waals surface area contributed by atoms with Crippen LogP contribution in [-0.2, 0) is 6.54 Å². The number of aromatic nitrogens is 2. The van der Waals surface area contributed by atoms with Gasteiger partial charge in [-0.2, -0.15) is 5.26 Å². The number of fused-ring (bicyclic) bond motifs is 1. The SMILES string of the molecule is CCCCn1c(-c2cccc(Oc3ccc(-c4ccc(C#N)cc4)cc3)c2)nc2ccc(OCCN3CCNCC3)cc21. The van der Waals surface area contributed by atoms with E-state index in [9.17, 15) is 0 Å². The van der Waals surface area contributed by atoms with Gasteiger partial charge in [0.1, 0.15) is 29.7 Å². The van der Waals surface area contributed by atoms with E-state index >= 15 is 0 Å². The van der Waals surface area contributed by atoms with Crippen LogP contribution in [0, 0.1) is 11.3 Å². The lowest BCUT2D eigenvalue weighted by Gasteiger charge is -2.26. The normalized spacial score (nSPS) is 13.6. The summed E-state index contributed by atoms with van der Waals surface area (Å²) >= 11 is 0. The molecular weight excluding hydrogens is 534 g/mol. The van der Waals surface area contributed by atoms with Crippen LogP contribution in [-0.4, -0.2) is 53.8 Å². The van der Waals surface area contributed by atoms with Gasteiger partial charge in [-0.3, -0.25) is 4.90 Å². The first-order chi connectivity index (χ1) is 21.2. The quantitative estimate of drug-likeness (QED) is 0.182. The van der Waals surface area contributed by atoms with Crippen LogP contribution in [0.2, 0.25) is 0 Å². The van der Waals surface area contributed by atoms with Crippen LogP contribution >= 0.6 is 0 Å². The first kappa shape index (κ1) is 28.5. The lowest BCUT2D eigenvalue weighted by atomic mass is 10.0. The Hall–Kier alpha value is -4.64. The Morgan fingerprint density at radius 3 is 2.30 bits per heavy atom. The minimum atomic E-state index is 0.655. The smallest absolute Gasteiger partial charge is 0.141 e. The Morgan fingerprint density at radius 2 is 1.56 bits per heavy atom. The third kappa shape index (κ3) is 6.89. The molecule has 0 saturated carbocycles. The molecule has 0 radical (unpaired) electrons. The van der Waals surface area contributed by atoms with Crippen molar-refractivity contribution < 1.29 is 9.47 Å². The average molecular weight is 572 g/mol. The molecule has 0 amide bonds. The fourth-order valence-electron chi connectivity index (χ4n) is 5.47. The van der Waals surface area contributed by atoms with Gasteiger partial charge in [-0.05, 0) is 66.1 Å². The van der Waals surface area contributed by atoms with Gasteiger partial charge in [-0.15, -0.1) is 0 Å². The van der Waals surface area contributed by atoms with Gasteiger partial charge in [0.15, 0.2) is 0 Å². The Morgan fingerprint density at radius 1 is 0.814 bits per heavy atom. The first-order valence-corrected chi connectivity index (χ1v) is 15.2. The van der Waals surface area contributed by atoms with Gasteiger partial charge in [-0.1, -0.05) is 49.7 Å². The van der Waals surface area contributed by atoms with Crippen molar-refractivity contribution in [2.45, 2.75) is 26.3 Å². The first-order valence-electron chi connectivity index (χ1n) is 15.2. The van der Waals surface area contributed by atoms with E-state index in [2.05, 4.69) is 52.0 Å². The molecule has 0 atom stereocenters. The topological polar surface area (TPSA) is 75.3 Å². The second-order valence-electron chi connectivity index (χ2n) is 10.9. The number of nitrogens with one attached hydrogen (secondary N) is 1. The maximum atomic E-state index is 9.06. The maximum Gasteiger partial charge on any atom is 0.141 e. The lowest BCUT2D eigenvalue weighted by Crippen LogP contribution is -2.44. The Balaban J connectivity index is 1.20. The molecule has 4 aromatic carbocycles. The molecule has 1 aromatic heterocycles. The largest absolute Gasteiger partial charge is 0.492 e. The fourth-order valence-corrected chi connectivity index (χ4v) is 5.47. The molecular formula is C36H37N5O2. The maximum absolute atomic E-state index is 9.06. The van der Waals surface area contributed by atoms with Gasteiger partial charge < -0.3 is 19.4 Å². The van der Waals surface area contributed by atoms with Crippen LogP contribution in [0.3, 0.4) is 0 Å². The third-order valence-electron chi connectivity index (χ3n) is 7.87. The van der Waals surface area contributed by atoms with Crippen LogP contribution in [0.15, 0.2) is 91.0 Å². The number of hydrogen-bond donors (Lipinski definition) is 1. The van der Waals surface area contributed by atoms with Gasteiger partial charge in [-0.25, -0.2) is 4.98 Å². The molecule has 43 heavy (non-hydrogen) atoms. The summed E-state index contributed by atoms with van der Waals surface area (Å²) in [6, 6.07) is 32.2. The number of benzene rings is 4. The van der Waals surface area contributed by atoms with Crippen molar-refractivity contribution in [3.8, 4) is 45.8 Å². The summed E-state index contributed by atoms with van der Waals surface area (Å²) < 4.78 is 14.8. The summed E-state index contributed by atoms with van der Waals surface area (Å²) in [5, 5.41) is 12.5. The molecule has 1 aliphatic rings. The summed E-state index contributed by atoms with van der Waals surface area (Å²) in [6.07, 6.45) is 2.16. The van der Waals surface area contributed by atoms with E-state index in [1.165, 1.54) is 0 Å². The van der Waals surface area contributed by atoms with Gasteiger partial charge >= 0.3 is 0 Å². The number of aryl methyl sites for hydroxylation is 1. The molecule has 1 aliphatic heterocycles. The molecule has 2 heterocycles. The highest BCUT2D eigenvalue weighted by molar-refractivity contribution is 5.82. The number of nitriles is 1. The molecule has 1 N–H and O–H groups in total. The predicted molar refractivity (Wildman–Crippen MR) is 172 cm³/mol. The van der Waals surface area contributed by atoms with Crippen molar-refractivity contribution in [1.82, 2.24) is 19.8 Å². The number of hydrogen-bond acceptors (Lipinski definition) is 6. The third-order valence-corrected chi connectivity index (χ3v) is 7.87. The summed E-state index contributed by atoms with van der Waals surface area (Å²) in [5.74, 6) is 3.34. The molecule has 7 heteroatoms. The molecule has 7 nitrogen and oxygen atoms in total. The second kappa shape index (κ2) is 13.6. The Labute approximate surface area is 253 Å². The second-order valence-corrected chi connectivity index (χ2v) is 10.9. The zero-order valence-electron chi connectivity index (χ0n) is 24.6. The Kier molecular flexibility index (Phi) is 8.98. The van der Waals surface area contributed by atoms with Crippen LogP contribution in [0.1, 0.15) is 25.3 Å². The Bertz CT molecular complexity index is 1700. The van der Waals surface area contributed by atoms with Crippen molar-refractivity contribution >= 4 is 11.0 Å². The summed E-state index contributed by atoms with van der Waals surface area (Å²) in [5.41, 5.74) is 5.86.